The van der Waals surface area contributed by atoms with Crippen LogP contribution < -0.4 is 0 Å². The SMILES string of the molecule is CCOP(OCC)OCC.CCP(CC)CC.[Pt+2].[S-]c1ccccc1-c1c[c-]ccc1. The molecule has 3 nitrogen and oxygen atoms in total. The first-order valence-electron chi connectivity index (χ1n) is 10.7. The Morgan fingerprint density at radius 3 is 1.65 bits per heavy atom. The fraction of sp³-hybridized carbons (Fsp3) is 0.500. The van der Waals surface area contributed by atoms with Gasteiger partial charge in [-0.05, 0) is 39.3 Å². The van der Waals surface area contributed by atoms with Crippen molar-refractivity contribution in [2.75, 3.05) is 38.3 Å². The van der Waals surface area contributed by atoms with Crippen LogP contribution in [0.5, 0.6) is 0 Å². The molecular weight excluding hydrogens is 625 g/mol. The van der Waals surface area contributed by atoms with Crippen molar-refractivity contribution in [2.45, 2.75) is 46.4 Å². The minimum Gasteiger partial charge on any atom is -0.780 e. The van der Waals surface area contributed by atoms with Crippen LogP contribution in [0.4, 0.5) is 0 Å². The molecule has 0 aliphatic carbocycles. The monoisotopic (exact) mass is 663 g/mol. The second-order valence-electron chi connectivity index (χ2n) is 5.88. The number of benzene rings is 2. The number of hydrogen-bond donors (Lipinski definition) is 0. The van der Waals surface area contributed by atoms with Crippen molar-refractivity contribution in [3.05, 3.63) is 54.6 Å². The molecule has 7 heteroatoms. The van der Waals surface area contributed by atoms with Crippen molar-refractivity contribution < 1.29 is 34.6 Å². The summed E-state index contributed by atoms with van der Waals surface area (Å²) in [6.45, 7) is 14.6. The van der Waals surface area contributed by atoms with E-state index in [1.54, 1.807) is 0 Å². The Kier molecular flexibility index (Phi) is 25.0. The molecule has 0 spiro atoms. The van der Waals surface area contributed by atoms with Gasteiger partial charge in [0, 0.05) is 0 Å². The first-order valence-corrected chi connectivity index (χ1v) is 14.1. The molecule has 178 valence electrons. The minimum absolute atomic E-state index is 0. The molecule has 0 unspecified atom stereocenters. The van der Waals surface area contributed by atoms with Gasteiger partial charge in [0.2, 0.25) is 0 Å². The molecule has 2 rings (SSSR count). The van der Waals surface area contributed by atoms with Crippen LogP contribution in [0.15, 0.2) is 53.4 Å². The molecule has 0 amide bonds. The summed E-state index contributed by atoms with van der Waals surface area (Å²) in [5.74, 6) is 0. The van der Waals surface area contributed by atoms with Crippen LogP contribution in [0.3, 0.4) is 0 Å². The van der Waals surface area contributed by atoms with Crippen LogP contribution in [0.1, 0.15) is 41.5 Å². The van der Waals surface area contributed by atoms with Gasteiger partial charge in [-0.1, -0.05) is 50.6 Å². The molecule has 0 aliphatic rings. The minimum atomic E-state index is -1.06. The van der Waals surface area contributed by atoms with E-state index in [1.165, 1.54) is 18.5 Å². The molecule has 0 aromatic heterocycles. The summed E-state index contributed by atoms with van der Waals surface area (Å²) >= 11 is 5.22. The summed E-state index contributed by atoms with van der Waals surface area (Å²) < 4.78 is 15.4. The van der Waals surface area contributed by atoms with Crippen molar-refractivity contribution in [3.63, 3.8) is 0 Å². The Morgan fingerprint density at radius 1 is 0.774 bits per heavy atom. The molecule has 0 bridgehead atoms. The molecular formula is C24H38O3P2PtS. The third-order valence-corrected chi connectivity index (χ3v) is 8.40. The zero-order valence-corrected chi connectivity index (χ0v) is 24.6. The van der Waals surface area contributed by atoms with Crippen molar-refractivity contribution in [1.82, 2.24) is 0 Å². The number of hydrogen-bond acceptors (Lipinski definition) is 4. The predicted octanol–water partition coefficient (Wildman–Crippen LogP) is 7.91. The smallest absolute Gasteiger partial charge is 0.780 e. The van der Waals surface area contributed by atoms with E-state index >= 15 is 0 Å². The molecule has 0 aliphatic heterocycles. The van der Waals surface area contributed by atoms with Crippen LogP contribution in [-0.2, 0) is 47.3 Å². The molecule has 0 radical (unpaired) electrons. The molecule has 2 aromatic carbocycles. The second kappa shape index (κ2) is 23.3. The van der Waals surface area contributed by atoms with Gasteiger partial charge < -0.3 is 26.2 Å². The van der Waals surface area contributed by atoms with Gasteiger partial charge in [0.25, 0.3) is 0 Å². The number of rotatable bonds is 10. The standard InChI is InChI=1S/C12H9S.C6H15O3P.C6H15P.Pt/c13-12-9-5-4-8-11(12)10-6-2-1-3-7-10;1-4-7-10(8-5-2)9-6-3;1-4-7(5-2)6-3;/h1-2,4-9,13H;4-6H2,1-3H3;4-6H2,1-3H3;/q-1;;;+2/p-1. The first-order chi connectivity index (χ1) is 14.6. The van der Waals surface area contributed by atoms with Crippen molar-refractivity contribution in [2.24, 2.45) is 0 Å². The van der Waals surface area contributed by atoms with Gasteiger partial charge in [-0.25, -0.2) is 0 Å². The van der Waals surface area contributed by atoms with E-state index in [0.717, 1.165) is 16.0 Å². The van der Waals surface area contributed by atoms with E-state index in [-0.39, 0.29) is 21.1 Å². The fourth-order valence-corrected chi connectivity index (χ4v) is 4.83. The van der Waals surface area contributed by atoms with Gasteiger partial charge >= 0.3 is 29.7 Å². The second-order valence-corrected chi connectivity index (χ2v) is 10.8. The molecule has 0 saturated heterocycles. The Balaban J connectivity index is 0. The maximum absolute atomic E-state index is 5.22. The van der Waals surface area contributed by atoms with Gasteiger partial charge in [-0.2, -0.15) is 35.2 Å². The van der Waals surface area contributed by atoms with E-state index in [0.29, 0.717) is 27.7 Å². The summed E-state index contributed by atoms with van der Waals surface area (Å²) in [5.41, 5.74) is 2.24. The summed E-state index contributed by atoms with van der Waals surface area (Å²) in [6.07, 6.45) is 4.26. The van der Waals surface area contributed by atoms with Crippen LogP contribution >= 0.6 is 16.5 Å². The Labute approximate surface area is 213 Å². The van der Waals surface area contributed by atoms with Crippen LogP contribution in [-0.4, -0.2) is 38.3 Å². The summed E-state index contributed by atoms with van der Waals surface area (Å²) in [4.78, 5) is 0.891. The van der Waals surface area contributed by atoms with Gasteiger partial charge in [0.05, 0.1) is 19.8 Å². The Bertz CT molecular complexity index is 611. The maximum Gasteiger partial charge on any atom is 2.00 e. The van der Waals surface area contributed by atoms with E-state index in [2.05, 4.69) is 26.8 Å². The molecule has 0 heterocycles. The quantitative estimate of drug-likeness (QED) is 0.147. The van der Waals surface area contributed by atoms with E-state index < -0.39 is 8.60 Å². The molecule has 0 atom stereocenters. The van der Waals surface area contributed by atoms with Crippen LogP contribution in [0, 0.1) is 6.07 Å². The summed E-state index contributed by atoms with van der Waals surface area (Å²) in [6, 6.07) is 18.8. The van der Waals surface area contributed by atoms with E-state index in [9.17, 15) is 0 Å². The molecule has 0 N–H and O–H groups in total. The topological polar surface area (TPSA) is 27.7 Å². The van der Waals surface area contributed by atoms with E-state index in [1.807, 2.05) is 69.3 Å². The molecule has 0 fully saturated rings. The van der Waals surface area contributed by atoms with Gasteiger partial charge in [-0.15, -0.1) is 13.5 Å². The van der Waals surface area contributed by atoms with Gasteiger partial charge in [0.15, 0.2) is 0 Å². The average molecular weight is 664 g/mol. The fourth-order valence-electron chi connectivity index (χ4n) is 2.36. The zero-order valence-electron chi connectivity index (χ0n) is 19.7. The zero-order chi connectivity index (χ0) is 22.6. The third-order valence-electron chi connectivity index (χ3n) is 3.95. The Hall–Kier alpha value is 0.0883. The molecule has 31 heavy (non-hydrogen) atoms. The van der Waals surface area contributed by atoms with Crippen LogP contribution in [0.25, 0.3) is 11.1 Å². The summed E-state index contributed by atoms with van der Waals surface area (Å²) in [5, 5.41) is 0. The van der Waals surface area contributed by atoms with Crippen molar-refractivity contribution in [1.29, 1.82) is 0 Å². The van der Waals surface area contributed by atoms with Crippen LogP contribution in [0.2, 0.25) is 0 Å². The largest absolute Gasteiger partial charge is 2.00 e. The van der Waals surface area contributed by atoms with E-state index in [4.69, 9.17) is 26.2 Å². The summed E-state index contributed by atoms with van der Waals surface area (Å²) in [7, 11) is -0.615. The maximum atomic E-state index is 5.22. The van der Waals surface area contributed by atoms with Crippen molar-refractivity contribution in [3.8, 4) is 11.1 Å². The predicted molar refractivity (Wildman–Crippen MR) is 137 cm³/mol. The van der Waals surface area contributed by atoms with Gasteiger partial charge in [0.1, 0.15) is 0 Å². The van der Waals surface area contributed by atoms with Crippen molar-refractivity contribution >= 4 is 29.2 Å². The average Bonchev–Trinajstić information content (AvgIpc) is 2.77. The van der Waals surface area contributed by atoms with Gasteiger partial charge in [-0.3, -0.25) is 0 Å². The third kappa shape index (κ3) is 16.4. The first kappa shape index (κ1) is 33.3. The Morgan fingerprint density at radius 2 is 1.29 bits per heavy atom. The molecule has 0 saturated carbocycles. The molecule has 2 aromatic rings. The normalized spacial score (nSPS) is 9.94.